The summed E-state index contributed by atoms with van der Waals surface area (Å²) in [6.07, 6.45) is 6.55. The molecule has 0 saturated carbocycles. The predicted octanol–water partition coefficient (Wildman–Crippen LogP) is 1.88. The number of hydrogen-bond donors (Lipinski definition) is 1. The monoisotopic (exact) mass is 209 g/mol. The van der Waals surface area contributed by atoms with Crippen LogP contribution in [-0.4, -0.2) is 27.2 Å². The van der Waals surface area contributed by atoms with Crippen molar-refractivity contribution in [2.45, 2.75) is 30.6 Å². The highest BCUT2D eigenvalue weighted by atomic mass is 32.2. The third kappa shape index (κ3) is 2.49. The van der Waals surface area contributed by atoms with Gasteiger partial charge in [-0.1, -0.05) is 6.07 Å². The van der Waals surface area contributed by atoms with Crippen LogP contribution in [0.15, 0.2) is 24.5 Å². The summed E-state index contributed by atoms with van der Waals surface area (Å²) in [4.78, 5) is 4.05. The number of pyridine rings is 1. The topological polar surface area (TPSA) is 33.1 Å². The Balaban J connectivity index is 1.90. The molecule has 1 aromatic rings. The third-order valence-corrected chi connectivity index (χ3v) is 4.06. The number of aliphatic hydroxyl groups excluding tert-OH is 1. The molecule has 0 radical (unpaired) electrons. The minimum absolute atomic E-state index is 0.202. The van der Waals surface area contributed by atoms with Crippen LogP contribution >= 0.6 is 11.8 Å². The smallest absolute Gasteiger partial charge is 0.0699 e. The SMILES string of the molecule is OC(Cc1cccnc1)C1CCCS1. The van der Waals surface area contributed by atoms with E-state index in [0.717, 1.165) is 18.4 Å². The summed E-state index contributed by atoms with van der Waals surface area (Å²) >= 11 is 1.90. The summed E-state index contributed by atoms with van der Waals surface area (Å²) in [5, 5.41) is 10.4. The van der Waals surface area contributed by atoms with Crippen LogP contribution in [0.4, 0.5) is 0 Å². The van der Waals surface area contributed by atoms with Gasteiger partial charge < -0.3 is 5.11 Å². The van der Waals surface area contributed by atoms with Gasteiger partial charge in [-0.15, -0.1) is 0 Å². The molecule has 0 amide bonds. The van der Waals surface area contributed by atoms with Gasteiger partial charge in [0.25, 0.3) is 0 Å². The lowest BCUT2D eigenvalue weighted by molar-refractivity contribution is 0.170. The Morgan fingerprint density at radius 3 is 3.21 bits per heavy atom. The first-order valence-electron chi connectivity index (χ1n) is 5.05. The molecule has 2 unspecified atom stereocenters. The Kier molecular flexibility index (Phi) is 3.43. The van der Waals surface area contributed by atoms with E-state index in [4.69, 9.17) is 0 Å². The van der Waals surface area contributed by atoms with Crippen molar-refractivity contribution in [3.63, 3.8) is 0 Å². The number of nitrogens with zero attached hydrogens (tertiary/aromatic N) is 1. The second-order valence-corrected chi connectivity index (χ2v) is 5.03. The maximum absolute atomic E-state index is 9.95. The number of rotatable bonds is 3. The first-order valence-corrected chi connectivity index (χ1v) is 6.10. The van der Waals surface area contributed by atoms with Crippen molar-refractivity contribution in [1.29, 1.82) is 0 Å². The second-order valence-electron chi connectivity index (χ2n) is 3.68. The highest BCUT2D eigenvalue weighted by Crippen LogP contribution is 2.29. The first-order chi connectivity index (χ1) is 6.86. The van der Waals surface area contributed by atoms with Crippen LogP contribution in [0.2, 0.25) is 0 Å². The molecule has 3 heteroatoms. The fraction of sp³-hybridized carbons (Fsp3) is 0.545. The van der Waals surface area contributed by atoms with E-state index in [0.29, 0.717) is 5.25 Å². The normalized spacial score (nSPS) is 23.6. The van der Waals surface area contributed by atoms with Gasteiger partial charge in [-0.05, 0) is 30.2 Å². The Morgan fingerprint density at radius 2 is 2.57 bits per heavy atom. The number of hydrogen-bond acceptors (Lipinski definition) is 3. The van der Waals surface area contributed by atoms with E-state index in [-0.39, 0.29) is 6.10 Å². The predicted molar refractivity (Wildman–Crippen MR) is 59.4 cm³/mol. The quantitative estimate of drug-likeness (QED) is 0.825. The van der Waals surface area contributed by atoms with E-state index in [9.17, 15) is 5.11 Å². The minimum atomic E-state index is -0.202. The fourth-order valence-corrected chi connectivity index (χ4v) is 3.09. The van der Waals surface area contributed by atoms with E-state index < -0.39 is 0 Å². The Hall–Kier alpha value is -0.540. The van der Waals surface area contributed by atoms with Crippen molar-refractivity contribution in [1.82, 2.24) is 4.98 Å². The molecule has 0 bridgehead atoms. The molecule has 1 saturated heterocycles. The van der Waals surface area contributed by atoms with E-state index in [1.54, 1.807) is 6.20 Å². The van der Waals surface area contributed by atoms with Gasteiger partial charge in [-0.3, -0.25) is 4.98 Å². The van der Waals surface area contributed by atoms with Gasteiger partial charge in [-0.2, -0.15) is 11.8 Å². The standard InChI is InChI=1S/C11H15NOS/c13-10(11-4-2-6-14-11)7-9-3-1-5-12-8-9/h1,3,5,8,10-11,13H,2,4,6-7H2. The van der Waals surface area contributed by atoms with Gasteiger partial charge in [0.05, 0.1) is 6.10 Å². The van der Waals surface area contributed by atoms with Gasteiger partial charge in [0, 0.05) is 24.1 Å². The molecule has 2 nitrogen and oxygen atoms in total. The Morgan fingerprint density at radius 1 is 1.64 bits per heavy atom. The molecule has 2 heterocycles. The zero-order chi connectivity index (χ0) is 9.80. The molecule has 0 aromatic carbocycles. The molecule has 1 aliphatic rings. The molecule has 1 fully saturated rings. The molecule has 2 rings (SSSR count). The van der Waals surface area contributed by atoms with E-state index in [2.05, 4.69) is 4.98 Å². The van der Waals surface area contributed by atoms with E-state index in [1.807, 2.05) is 30.1 Å². The van der Waals surface area contributed by atoms with Crippen molar-refractivity contribution in [2.24, 2.45) is 0 Å². The molecule has 1 aromatic heterocycles. The van der Waals surface area contributed by atoms with Crippen LogP contribution in [0.5, 0.6) is 0 Å². The maximum atomic E-state index is 9.95. The van der Waals surface area contributed by atoms with Crippen molar-refractivity contribution in [3.05, 3.63) is 30.1 Å². The van der Waals surface area contributed by atoms with Crippen molar-refractivity contribution in [2.75, 3.05) is 5.75 Å². The van der Waals surface area contributed by atoms with Crippen LogP contribution in [0.25, 0.3) is 0 Å². The molecule has 1 aliphatic heterocycles. The first kappa shape index (κ1) is 9.99. The van der Waals surface area contributed by atoms with Gasteiger partial charge in [0.2, 0.25) is 0 Å². The number of aromatic nitrogens is 1. The average molecular weight is 209 g/mol. The lowest BCUT2D eigenvalue weighted by Gasteiger charge is -2.16. The van der Waals surface area contributed by atoms with Crippen LogP contribution in [0.3, 0.4) is 0 Å². The molecular formula is C11H15NOS. The van der Waals surface area contributed by atoms with Crippen molar-refractivity contribution < 1.29 is 5.11 Å². The molecule has 2 atom stereocenters. The van der Waals surface area contributed by atoms with E-state index in [1.165, 1.54) is 12.2 Å². The highest BCUT2D eigenvalue weighted by molar-refractivity contribution is 8.00. The lowest BCUT2D eigenvalue weighted by atomic mass is 10.1. The molecule has 76 valence electrons. The van der Waals surface area contributed by atoms with E-state index >= 15 is 0 Å². The summed E-state index contributed by atoms with van der Waals surface area (Å²) in [5.41, 5.74) is 1.13. The summed E-state index contributed by atoms with van der Waals surface area (Å²) in [6, 6.07) is 3.94. The van der Waals surface area contributed by atoms with Gasteiger partial charge in [0.1, 0.15) is 0 Å². The molecule has 14 heavy (non-hydrogen) atoms. The van der Waals surface area contributed by atoms with Gasteiger partial charge >= 0.3 is 0 Å². The summed E-state index contributed by atoms with van der Waals surface area (Å²) in [5.74, 6) is 1.20. The number of thioether (sulfide) groups is 1. The van der Waals surface area contributed by atoms with Gasteiger partial charge in [0.15, 0.2) is 0 Å². The van der Waals surface area contributed by atoms with Crippen LogP contribution in [-0.2, 0) is 6.42 Å². The largest absolute Gasteiger partial charge is 0.392 e. The van der Waals surface area contributed by atoms with Crippen LogP contribution in [0, 0.1) is 0 Å². The van der Waals surface area contributed by atoms with Crippen LogP contribution in [0.1, 0.15) is 18.4 Å². The fourth-order valence-electron chi connectivity index (χ4n) is 1.80. The molecule has 0 spiro atoms. The second kappa shape index (κ2) is 4.80. The Labute approximate surface area is 88.8 Å². The molecular weight excluding hydrogens is 194 g/mol. The lowest BCUT2D eigenvalue weighted by Crippen LogP contribution is -2.23. The highest BCUT2D eigenvalue weighted by Gasteiger charge is 2.23. The van der Waals surface area contributed by atoms with Crippen LogP contribution < -0.4 is 0 Å². The summed E-state index contributed by atoms with van der Waals surface area (Å²) in [7, 11) is 0. The average Bonchev–Trinajstić information content (AvgIpc) is 2.72. The third-order valence-electron chi connectivity index (χ3n) is 2.56. The van der Waals surface area contributed by atoms with Crippen molar-refractivity contribution >= 4 is 11.8 Å². The summed E-state index contributed by atoms with van der Waals surface area (Å²) < 4.78 is 0. The van der Waals surface area contributed by atoms with Crippen molar-refractivity contribution in [3.8, 4) is 0 Å². The van der Waals surface area contributed by atoms with Gasteiger partial charge in [-0.25, -0.2) is 0 Å². The zero-order valence-electron chi connectivity index (χ0n) is 8.10. The Bertz CT molecular complexity index is 272. The zero-order valence-corrected chi connectivity index (χ0v) is 8.91. The molecule has 0 aliphatic carbocycles. The maximum Gasteiger partial charge on any atom is 0.0699 e. The summed E-state index contributed by atoms with van der Waals surface area (Å²) in [6.45, 7) is 0. The minimum Gasteiger partial charge on any atom is -0.392 e. The molecule has 1 N–H and O–H groups in total. The number of aliphatic hydroxyl groups is 1.